The number of nitrogens with one attached hydrogen (secondary N) is 1. The molecule has 0 radical (unpaired) electrons. The molecule has 1 aromatic rings. The average molecular weight is 278 g/mol. The number of rotatable bonds is 5. The number of carbonyl (C=O) groups is 1. The molecule has 2 rings (SSSR count). The van der Waals surface area contributed by atoms with Crippen molar-refractivity contribution in [3.63, 3.8) is 0 Å². The van der Waals surface area contributed by atoms with Crippen LogP contribution in [0.4, 0.5) is 0 Å². The number of hydrazine groups is 1. The van der Waals surface area contributed by atoms with Gasteiger partial charge >= 0.3 is 0 Å². The Morgan fingerprint density at radius 2 is 2.40 bits per heavy atom. The molecule has 0 aliphatic carbocycles. The molecule has 1 saturated heterocycles. The van der Waals surface area contributed by atoms with Crippen LogP contribution in [-0.2, 0) is 11.3 Å². The molecule has 6 heteroatoms. The molecule has 110 valence electrons. The maximum absolute atomic E-state index is 11.4. The van der Waals surface area contributed by atoms with Gasteiger partial charge in [0.2, 0.25) is 0 Å². The zero-order valence-electron chi connectivity index (χ0n) is 11.8. The van der Waals surface area contributed by atoms with Crippen molar-refractivity contribution in [1.82, 2.24) is 15.3 Å². The topological polar surface area (TPSA) is 80.5 Å². The smallest absolute Gasteiger partial charge is 0.283 e. The fraction of sp³-hybridized carbons (Fsp3) is 0.571. The second kappa shape index (κ2) is 7.33. The van der Waals surface area contributed by atoms with E-state index in [1.165, 1.54) is 6.42 Å². The van der Waals surface area contributed by atoms with E-state index in [0.717, 1.165) is 31.7 Å². The number of hydrogen-bond donors (Lipinski definition) is 2. The summed E-state index contributed by atoms with van der Waals surface area (Å²) in [7, 11) is 2.04. The van der Waals surface area contributed by atoms with Gasteiger partial charge in [0.25, 0.3) is 5.91 Å². The number of nitrogens with two attached hydrogens (primary N) is 1. The van der Waals surface area contributed by atoms with Gasteiger partial charge in [0.05, 0.1) is 11.8 Å². The molecular weight excluding hydrogens is 256 g/mol. The quantitative estimate of drug-likeness (QED) is 0.470. The summed E-state index contributed by atoms with van der Waals surface area (Å²) in [6.45, 7) is 2.43. The maximum atomic E-state index is 11.4. The van der Waals surface area contributed by atoms with Crippen LogP contribution in [0, 0.1) is 0 Å². The van der Waals surface area contributed by atoms with Crippen molar-refractivity contribution >= 4 is 5.91 Å². The van der Waals surface area contributed by atoms with E-state index in [4.69, 9.17) is 10.6 Å². The van der Waals surface area contributed by atoms with Gasteiger partial charge in [0.1, 0.15) is 5.69 Å². The van der Waals surface area contributed by atoms with E-state index in [9.17, 15) is 4.79 Å². The molecule has 3 N–H and O–H groups in total. The standard InChI is InChI=1S/C14H22N4O2/c1-18(10-12-6-2-3-8-20-12)9-11-5-4-7-13(16-11)14(19)17-15/h4-5,7,12H,2-3,6,8-10,15H2,1H3,(H,17,19). The Hall–Kier alpha value is -1.50. The minimum atomic E-state index is -0.370. The molecule has 20 heavy (non-hydrogen) atoms. The molecule has 1 aliphatic heterocycles. The SMILES string of the molecule is CN(Cc1cccc(C(=O)NN)n1)CC1CCCCO1. The lowest BCUT2D eigenvalue weighted by Gasteiger charge is -2.27. The van der Waals surface area contributed by atoms with Crippen molar-refractivity contribution in [2.45, 2.75) is 31.9 Å². The summed E-state index contributed by atoms with van der Waals surface area (Å²) in [5, 5.41) is 0. The van der Waals surface area contributed by atoms with Crippen molar-refractivity contribution in [2.24, 2.45) is 5.84 Å². The van der Waals surface area contributed by atoms with Crippen LogP contribution in [0.2, 0.25) is 0 Å². The van der Waals surface area contributed by atoms with Gasteiger partial charge in [-0.2, -0.15) is 0 Å². The lowest BCUT2D eigenvalue weighted by Crippen LogP contribution is -2.33. The van der Waals surface area contributed by atoms with Crippen molar-refractivity contribution in [3.8, 4) is 0 Å². The Bertz CT molecular complexity index is 447. The van der Waals surface area contributed by atoms with Crippen LogP contribution in [0.15, 0.2) is 18.2 Å². The third kappa shape index (κ3) is 4.26. The minimum absolute atomic E-state index is 0.310. The van der Waals surface area contributed by atoms with E-state index in [1.54, 1.807) is 6.07 Å². The summed E-state index contributed by atoms with van der Waals surface area (Å²) in [6, 6.07) is 5.37. The molecule has 6 nitrogen and oxygen atoms in total. The zero-order chi connectivity index (χ0) is 14.4. The maximum Gasteiger partial charge on any atom is 0.283 e. The zero-order valence-corrected chi connectivity index (χ0v) is 11.8. The number of nitrogen functional groups attached to an aromatic ring is 1. The van der Waals surface area contributed by atoms with Crippen LogP contribution in [0.5, 0.6) is 0 Å². The van der Waals surface area contributed by atoms with E-state index in [2.05, 4.69) is 15.3 Å². The fourth-order valence-corrected chi connectivity index (χ4v) is 2.41. The van der Waals surface area contributed by atoms with Crippen LogP contribution in [0.25, 0.3) is 0 Å². The first-order valence-corrected chi connectivity index (χ1v) is 6.96. The van der Waals surface area contributed by atoms with Crippen LogP contribution < -0.4 is 11.3 Å². The van der Waals surface area contributed by atoms with Crippen molar-refractivity contribution in [1.29, 1.82) is 0 Å². The first kappa shape index (κ1) is 14.9. The van der Waals surface area contributed by atoms with Gasteiger partial charge in [-0.1, -0.05) is 6.07 Å². The van der Waals surface area contributed by atoms with Crippen LogP contribution in [0.1, 0.15) is 35.4 Å². The number of aromatic nitrogens is 1. The van der Waals surface area contributed by atoms with Gasteiger partial charge in [-0.25, -0.2) is 10.8 Å². The number of ether oxygens (including phenoxy) is 1. The highest BCUT2D eigenvalue weighted by atomic mass is 16.5. The summed E-state index contributed by atoms with van der Waals surface area (Å²) in [5.74, 6) is 4.74. The van der Waals surface area contributed by atoms with Gasteiger partial charge in [0.15, 0.2) is 0 Å². The van der Waals surface area contributed by atoms with E-state index in [1.807, 2.05) is 19.2 Å². The predicted octanol–water partition coefficient (Wildman–Crippen LogP) is 0.686. The van der Waals surface area contributed by atoms with Gasteiger partial charge < -0.3 is 4.74 Å². The second-order valence-corrected chi connectivity index (χ2v) is 5.17. The Labute approximate surface area is 119 Å². The Morgan fingerprint density at radius 1 is 1.55 bits per heavy atom. The summed E-state index contributed by atoms with van der Waals surface area (Å²) < 4.78 is 5.72. The third-order valence-electron chi connectivity index (χ3n) is 3.39. The molecule has 0 spiro atoms. The number of carbonyl (C=O) groups excluding carboxylic acids is 1. The highest BCUT2D eigenvalue weighted by Crippen LogP contribution is 2.14. The first-order chi connectivity index (χ1) is 9.69. The highest BCUT2D eigenvalue weighted by molar-refractivity contribution is 5.91. The summed E-state index contributed by atoms with van der Waals surface area (Å²) in [5.41, 5.74) is 3.28. The van der Waals surface area contributed by atoms with E-state index < -0.39 is 0 Å². The molecule has 2 heterocycles. The Kier molecular flexibility index (Phi) is 5.46. The first-order valence-electron chi connectivity index (χ1n) is 6.96. The average Bonchev–Trinajstić information content (AvgIpc) is 2.47. The lowest BCUT2D eigenvalue weighted by atomic mass is 10.1. The molecule has 0 aromatic carbocycles. The molecule has 0 saturated carbocycles. The van der Waals surface area contributed by atoms with Gasteiger partial charge in [-0.3, -0.25) is 15.1 Å². The number of likely N-dealkylation sites (N-methyl/N-ethyl adjacent to an activating group) is 1. The molecule has 1 aromatic heterocycles. The van der Waals surface area contributed by atoms with Crippen molar-refractivity contribution < 1.29 is 9.53 Å². The predicted molar refractivity (Wildman–Crippen MR) is 75.8 cm³/mol. The molecule has 1 fully saturated rings. The normalized spacial score (nSPS) is 19.1. The second-order valence-electron chi connectivity index (χ2n) is 5.17. The van der Waals surface area contributed by atoms with E-state index in [0.29, 0.717) is 18.3 Å². The lowest BCUT2D eigenvalue weighted by molar-refractivity contribution is -0.00275. The van der Waals surface area contributed by atoms with Crippen LogP contribution >= 0.6 is 0 Å². The molecule has 1 amide bonds. The van der Waals surface area contributed by atoms with Crippen LogP contribution in [-0.4, -0.2) is 42.1 Å². The summed E-state index contributed by atoms with van der Waals surface area (Å²) in [4.78, 5) is 17.9. The Balaban J connectivity index is 1.89. The molecule has 1 atom stereocenters. The van der Waals surface area contributed by atoms with Crippen molar-refractivity contribution in [3.05, 3.63) is 29.6 Å². The number of hydrogen-bond acceptors (Lipinski definition) is 5. The molecule has 1 unspecified atom stereocenters. The van der Waals surface area contributed by atoms with Gasteiger partial charge in [0, 0.05) is 19.7 Å². The Morgan fingerprint density at radius 3 is 3.10 bits per heavy atom. The highest BCUT2D eigenvalue weighted by Gasteiger charge is 2.16. The van der Waals surface area contributed by atoms with Crippen molar-refractivity contribution in [2.75, 3.05) is 20.2 Å². The summed E-state index contributed by atoms with van der Waals surface area (Å²) in [6.07, 6.45) is 3.83. The van der Waals surface area contributed by atoms with E-state index >= 15 is 0 Å². The minimum Gasteiger partial charge on any atom is -0.377 e. The largest absolute Gasteiger partial charge is 0.377 e. The fourth-order valence-electron chi connectivity index (χ4n) is 2.41. The van der Waals surface area contributed by atoms with Gasteiger partial charge in [-0.15, -0.1) is 0 Å². The number of pyridine rings is 1. The monoisotopic (exact) mass is 278 g/mol. The molecular formula is C14H22N4O2. The number of nitrogens with zero attached hydrogens (tertiary/aromatic N) is 2. The number of amides is 1. The summed E-state index contributed by atoms with van der Waals surface area (Å²) >= 11 is 0. The molecule has 0 bridgehead atoms. The van der Waals surface area contributed by atoms with Gasteiger partial charge in [-0.05, 0) is 38.4 Å². The molecule has 1 aliphatic rings. The van der Waals surface area contributed by atoms with E-state index in [-0.39, 0.29) is 5.91 Å². The third-order valence-corrected chi connectivity index (χ3v) is 3.39. The van der Waals surface area contributed by atoms with Crippen LogP contribution in [0.3, 0.4) is 0 Å².